The van der Waals surface area contributed by atoms with Crippen molar-refractivity contribution < 1.29 is 0 Å². The van der Waals surface area contributed by atoms with Gasteiger partial charge in [-0.05, 0) is 27.6 Å². The van der Waals surface area contributed by atoms with Crippen LogP contribution in [0.1, 0.15) is 5.56 Å². The molecule has 0 atom stereocenters. The van der Waals surface area contributed by atoms with Crippen molar-refractivity contribution in [2.45, 2.75) is 6.42 Å². The van der Waals surface area contributed by atoms with E-state index >= 15 is 0 Å². The van der Waals surface area contributed by atoms with E-state index in [2.05, 4.69) is 20.9 Å². The summed E-state index contributed by atoms with van der Waals surface area (Å²) < 4.78 is 0.589. The molecule has 4 heteroatoms. The first-order valence-corrected chi connectivity index (χ1v) is 3.78. The van der Waals surface area contributed by atoms with Gasteiger partial charge in [-0.3, -0.25) is 4.79 Å². The number of rotatable bonds is 1. The van der Waals surface area contributed by atoms with Gasteiger partial charge in [0.25, 0.3) is 0 Å². The van der Waals surface area contributed by atoms with Crippen molar-refractivity contribution in [2.24, 2.45) is 0 Å². The highest BCUT2D eigenvalue weighted by Gasteiger charge is 1.97. The van der Waals surface area contributed by atoms with Crippen molar-refractivity contribution in [2.75, 3.05) is 0 Å². The van der Waals surface area contributed by atoms with Gasteiger partial charge in [-0.25, -0.2) is 0 Å². The van der Waals surface area contributed by atoms with Crippen molar-refractivity contribution in [3.05, 3.63) is 32.7 Å². The minimum atomic E-state index is -0.168. The van der Waals surface area contributed by atoms with Crippen LogP contribution in [0.5, 0.6) is 0 Å². The lowest BCUT2D eigenvalue weighted by Crippen LogP contribution is -2.04. The zero-order chi connectivity index (χ0) is 8.27. The molecule has 0 saturated heterocycles. The first-order valence-electron chi connectivity index (χ1n) is 2.98. The molecule has 3 nitrogen and oxygen atoms in total. The molecule has 0 unspecified atom stereocenters. The van der Waals surface area contributed by atoms with Crippen molar-refractivity contribution >= 4 is 15.9 Å². The fourth-order valence-corrected chi connectivity index (χ4v) is 1.17. The second-order valence-electron chi connectivity index (χ2n) is 2.00. The van der Waals surface area contributed by atoms with Gasteiger partial charge in [0.2, 0.25) is 5.56 Å². The maximum atomic E-state index is 10.7. The topological polar surface area (TPSA) is 56.6 Å². The van der Waals surface area contributed by atoms with Crippen LogP contribution >= 0.6 is 15.9 Å². The first kappa shape index (κ1) is 8.02. The maximum Gasteiger partial charge on any atom is 0.248 e. The number of aromatic amines is 1. The lowest BCUT2D eigenvalue weighted by atomic mass is 10.2. The summed E-state index contributed by atoms with van der Waals surface area (Å²) in [5.41, 5.74) is 0.630. The molecule has 0 fully saturated rings. The molecule has 0 bridgehead atoms. The third-order valence-corrected chi connectivity index (χ3v) is 1.93. The number of pyridine rings is 1. The Morgan fingerprint density at radius 3 is 2.91 bits per heavy atom. The Bertz CT molecular complexity index is 350. The second kappa shape index (κ2) is 3.35. The summed E-state index contributed by atoms with van der Waals surface area (Å²) in [6.07, 6.45) is 0.303. The van der Waals surface area contributed by atoms with Crippen LogP contribution in [-0.4, -0.2) is 4.98 Å². The summed E-state index contributed by atoms with van der Waals surface area (Å²) >= 11 is 3.14. The number of hydrogen-bond acceptors (Lipinski definition) is 2. The van der Waals surface area contributed by atoms with E-state index in [0.29, 0.717) is 11.0 Å². The lowest BCUT2D eigenvalue weighted by Gasteiger charge is -1.95. The molecule has 0 aliphatic heterocycles. The predicted octanol–water partition coefficient (Wildman–Crippen LogP) is 1.20. The molecule has 0 aliphatic carbocycles. The van der Waals surface area contributed by atoms with Crippen LogP contribution in [0.2, 0.25) is 0 Å². The van der Waals surface area contributed by atoms with E-state index in [9.17, 15) is 4.79 Å². The van der Waals surface area contributed by atoms with Gasteiger partial charge < -0.3 is 4.98 Å². The molecule has 1 rings (SSSR count). The second-order valence-corrected chi connectivity index (χ2v) is 2.79. The van der Waals surface area contributed by atoms with Gasteiger partial charge in [0.05, 0.1) is 17.1 Å². The summed E-state index contributed by atoms with van der Waals surface area (Å²) in [6.45, 7) is 0. The van der Waals surface area contributed by atoms with Crippen LogP contribution in [0.25, 0.3) is 0 Å². The Kier molecular flexibility index (Phi) is 2.44. The van der Waals surface area contributed by atoms with Gasteiger partial charge in [0.1, 0.15) is 0 Å². The van der Waals surface area contributed by atoms with Crippen molar-refractivity contribution in [1.82, 2.24) is 4.98 Å². The monoisotopic (exact) mass is 212 g/mol. The molecular formula is C7H5BrN2O. The minimum absolute atomic E-state index is 0.168. The third kappa shape index (κ3) is 1.92. The molecule has 0 aromatic carbocycles. The van der Waals surface area contributed by atoms with E-state index in [4.69, 9.17) is 5.26 Å². The van der Waals surface area contributed by atoms with Crippen LogP contribution in [0, 0.1) is 11.3 Å². The van der Waals surface area contributed by atoms with Crippen LogP contribution < -0.4 is 5.56 Å². The molecule has 0 amide bonds. The summed E-state index contributed by atoms with van der Waals surface area (Å²) in [6, 6.07) is 5.02. The Hall–Kier alpha value is -1.08. The molecule has 0 aliphatic rings. The highest BCUT2D eigenvalue weighted by molar-refractivity contribution is 9.10. The number of halogens is 1. The first-order chi connectivity index (χ1) is 5.24. The number of hydrogen-bond donors (Lipinski definition) is 1. The van der Waals surface area contributed by atoms with Crippen LogP contribution in [0.3, 0.4) is 0 Å². The Labute approximate surface area is 71.8 Å². The quantitative estimate of drug-likeness (QED) is 0.712. The van der Waals surface area contributed by atoms with Crippen molar-refractivity contribution in [3.8, 4) is 6.07 Å². The zero-order valence-corrected chi connectivity index (χ0v) is 7.18. The van der Waals surface area contributed by atoms with E-state index in [1.165, 1.54) is 6.07 Å². The summed E-state index contributed by atoms with van der Waals surface area (Å²) in [5.74, 6) is 0. The molecule has 0 radical (unpaired) electrons. The van der Waals surface area contributed by atoms with Crippen LogP contribution in [0.4, 0.5) is 0 Å². The summed E-state index contributed by atoms with van der Waals surface area (Å²) in [4.78, 5) is 13.2. The van der Waals surface area contributed by atoms with Gasteiger partial charge in [-0.1, -0.05) is 0 Å². The third-order valence-electron chi connectivity index (χ3n) is 1.22. The number of H-pyrrole nitrogens is 1. The number of nitriles is 1. The highest BCUT2D eigenvalue weighted by atomic mass is 79.9. The fourth-order valence-electron chi connectivity index (χ4n) is 0.701. The van der Waals surface area contributed by atoms with E-state index in [1.54, 1.807) is 6.07 Å². The molecule has 0 saturated carbocycles. The normalized spacial score (nSPS) is 9.09. The fraction of sp³-hybridized carbons (Fsp3) is 0.143. The number of nitrogens with one attached hydrogen (secondary N) is 1. The van der Waals surface area contributed by atoms with Gasteiger partial charge >= 0.3 is 0 Å². The molecule has 0 spiro atoms. The standard InChI is InChI=1S/C7H5BrN2O/c8-7-5(3-4-9)1-2-6(11)10-7/h1-2H,3H2,(H,10,11). The van der Waals surface area contributed by atoms with Gasteiger partial charge in [0.15, 0.2) is 0 Å². The Balaban J connectivity index is 3.11. The van der Waals surface area contributed by atoms with E-state index in [-0.39, 0.29) is 5.56 Å². The van der Waals surface area contributed by atoms with Crippen molar-refractivity contribution in [3.63, 3.8) is 0 Å². The predicted molar refractivity (Wildman–Crippen MR) is 44.1 cm³/mol. The molecule has 1 N–H and O–H groups in total. The highest BCUT2D eigenvalue weighted by Crippen LogP contribution is 2.10. The van der Waals surface area contributed by atoms with Crippen LogP contribution in [0.15, 0.2) is 21.5 Å². The Morgan fingerprint density at radius 1 is 1.64 bits per heavy atom. The summed E-state index contributed by atoms with van der Waals surface area (Å²) in [7, 11) is 0. The van der Waals surface area contributed by atoms with Crippen LogP contribution in [-0.2, 0) is 6.42 Å². The molecule has 11 heavy (non-hydrogen) atoms. The van der Waals surface area contributed by atoms with E-state index < -0.39 is 0 Å². The average Bonchev–Trinajstić information content (AvgIpc) is 1.95. The Morgan fingerprint density at radius 2 is 2.36 bits per heavy atom. The van der Waals surface area contributed by atoms with E-state index in [1.807, 2.05) is 6.07 Å². The maximum absolute atomic E-state index is 10.7. The smallest absolute Gasteiger partial charge is 0.248 e. The van der Waals surface area contributed by atoms with Gasteiger partial charge in [-0.2, -0.15) is 5.26 Å². The number of nitrogens with zero attached hydrogens (tertiary/aromatic N) is 1. The largest absolute Gasteiger partial charge is 0.316 e. The molecule has 1 aromatic rings. The molecule has 1 aromatic heterocycles. The summed E-state index contributed by atoms with van der Waals surface area (Å²) in [5, 5.41) is 8.35. The molecule has 1 heterocycles. The lowest BCUT2D eigenvalue weighted by molar-refractivity contribution is 1.11. The zero-order valence-electron chi connectivity index (χ0n) is 5.60. The SMILES string of the molecule is N#CCc1ccc(=O)[nH]c1Br. The number of aromatic nitrogens is 1. The van der Waals surface area contributed by atoms with E-state index in [0.717, 1.165) is 5.56 Å². The van der Waals surface area contributed by atoms with Gasteiger partial charge in [-0.15, -0.1) is 0 Å². The minimum Gasteiger partial charge on any atom is -0.316 e. The van der Waals surface area contributed by atoms with Gasteiger partial charge in [0, 0.05) is 6.07 Å². The van der Waals surface area contributed by atoms with Crippen molar-refractivity contribution in [1.29, 1.82) is 5.26 Å². The average molecular weight is 213 g/mol. The molecular weight excluding hydrogens is 208 g/mol. The molecule has 56 valence electrons.